The molecular weight excluding hydrogens is 164 g/mol. The van der Waals surface area contributed by atoms with Crippen LogP contribution in [0, 0.1) is 5.92 Å². The van der Waals surface area contributed by atoms with Gasteiger partial charge in [0.05, 0.1) is 0 Å². The van der Waals surface area contributed by atoms with Crippen molar-refractivity contribution in [1.29, 1.82) is 0 Å². The maximum absolute atomic E-state index is 10.7. The molecule has 0 aromatic carbocycles. The molecule has 0 aromatic heterocycles. The molecule has 1 unspecified atom stereocenters. The van der Waals surface area contributed by atoms with Crippen molar-refractivity contribution in [1.82, 2.24) is 10.2 Å². The fraction of sp³-hybridized carbons (Fsp3) is 0.900. The molecule has 73 valence electrons. The zero-order valence-electron chi connectivity index (χ0n) is 7.96. The van der Waals surface area contributed by atoms with Crippen LogP contribution in [0.5, 0.6) is 0 Å². The quantitative estimate of drug-likeness (QED) is 0.673. The van der Waals surface area contributed by atoms with E-state index in [4.69, 9.17) is 0 Å². The topological polar surface area (TPSA) is 32.3 Å². The Morgan fingerprint density at radius 1 is 1.31 bits per heavy atom. The molecule has 1 heterocycles. The van der Waals surface area contributed by atoms with Gasteiger partial charge in [0.15, 0.2) is 0 Å². The van der Waals surface area contributed by atoms with Gasteiger partial charge in [-0.25, -0.2) is 0 Å². The predicted molar refractivity (Wildman–Crippen MR) is 51.0 cm³/mol. The second-order valence-electron chi connectivity index (χ2n) is 4.10. The van der Waals surface area contributed by atoms with Gasteiger partial charge in [0.25, 0.3) is 0 Å². The van der Waals surface area contributed by atoms with E-state index in [1.54, 1.807) is 0 Å². The van der Waals surface area contributed by atoms with E-state index >= 15 is 0 Å². The average molecular weight is 181 g/mol. The lowest BCUT2D eigenvalue weighted by Crippen LogP contribution is -2.53. The fourth-order valence-corrected chi connectivity index (χ4v) is 2.60. The van der Waals surface area contributed by atoms with Crippen LogP contribution in [-0.4, -0.2) is 37.0 Å². The molecule has 1 amide bonds. The van der Waals surface area contributed by atoms with Crippen molar-refractivity contribution in [2.24, 2.45) is 5.92 Å². The summed E-state index contributed by atoms with van der Waals surface area (Å²) < 4.78 is 0. The van der Waals surface area contributed by atoms with Gasteiger partial charge in [-0.2, -0.15) is 0 Å². The molecule has 2 fully saturated rings. The molecule has 1 N–H and O–H groups in total. The van der Waals surface area contributed by atoms with Crippen molar-refractivity contribution in [3.63, 3.8) is 0 Å². The Bertz CT molecular complexity index is 178. The lowest BCUT2D eigenvalue weighted by molar-refractivity contribution is 0.183. The fourth-order valence-electron chi connectivity index (χ4n) is 2.60. The number of nitrogens with one attached hydrogen (secondary N) is 1. The number of piperazine rings is 1. The zero-order valence-corrected chi connectivity index (χ0v) is 7.96. The van der Waals surface area contributed by atoms with Gasteiger partial charge >= 0.3 is 6.41 Å². The van der Waals surface area contributed by atoms with Gasteiger partial charge in [-0.05, 0) is 18.8 Å². The molecule has 13 heavy (non-hydrogen) atoms. The molecule has 0 bridgehead atoms. The molecule has 1 saturated carbocycles. The molecule has 0 spiro atoms. The molecule has 1 aliphatic heterocycles. The Morgan fingerprint density at radius 2 is 2.08 bits per heavy atom. The van der Waals surface area contributed by atoms with Crippen LogP contribution < -0.4 is 5.32 Å². The zero-order chi connectivity index (χ0) is 9.10. The van der Waals surface area contributed by atoms with E-state index < -0.39 is 0 Å². The normalized spacial score (nSPS) is 30.8. The first kappa shape index (κ1) is 9.00. The number of nitrogens with zero attached hydrogens (tertiary/aromatic N) is 1. The SMILES string of the molecule is O=[C]N1CCNCC1C1CCCC1. The first-order chi connectivity index (χ1) is 6.42. The van der Waals surface area contributed by atoms with Gasteiger partial charge in [-0.1, -0.05) is 12.8 Å². The molecule has 1 radical (unpaired) electrons. The van der Waals surface area contributed by atoms with Crippen molar-refractivity contribution in [3.05, 3.63) is 0 Å². The minimum absolute atomic E-state index is 0.425. The monoisotopic (exact) mass is 181 g/mol. The van der Waals surface area contributed by atoms with Gasteiger partial charge in [0.1, 0.15) is 0 Å². The van der Waals surface area contributed by atoms with E-state index in [0.717, 1.165) is 25.6 Å². The smallest absolute Gasteiger partial charge is 0.312 e. The average Bonchev–Trinajstić information content (AvgIpc) is 2.70. The first-order valence-corrected chi connectivity index (χ1v) is 5.27. The summed E-state index contributed by atoms with van der Waals surface area (Å²) in [7, 11) is 0. The summed E-state index contributed by atoms with van der Waals surface area (Å²) in [4.78, 5) is 12.6. The van der Waals surface area contributed by atoms with Crippen molar-refractivity contribution in [2.45, 2.75) is 31.7 Å². The Labute approximate surface area is 79.5 Å². The Morgan fingerprint density at radius 3 is 2.77 bits per heavy atom. The van der Waals surface area contributed by atoms with Crippen LogP contribution in [-0.2, 0) is 4.79 Å². The number of amides is 1. The number of hydrogen-bond donors (Lipinski definition) is 1. The van der Waals surface area contributed by atoms with Crippen molar-refractivity contribution < 1.29 is 4.79 Å². The Hall–Kier alpha value is -0.570. The predicted octanol–water partition coefficient (Wildman–Crippen LogP) is 0.518. The number of carbonyl (C=O) groups excluding carboxylic acids is 1. The highest BCUT2D eigenvalue weighted by Crippen LogP contribution is 2.30. The Balaban J connectivity index is 1.96. The summed E-state index contributed by atoms with van der Waals surface area (Å²) >= 11 is 0. The summed E-state index contributed by atoms with van der Waals surface area (Å²) in [6.45, 7) is 2.74. The van der Waals surface area contributed by atoms with Crippen LogP contribution in [0.2, 0.25) is 0 Å². The molecule has 3 heteroatoms. The van der Waals surface area contributed by atoms with Crippen molar-refractivity contribution in [2.75, 3.05) is 19.6 Å². The third-order valence-electron chi connectivity index (χ3n) is 3.34. The van der Waals surface area contributed by atoms with Gasteiger partial charge in [-0.15, -0.1) is 0 Å². The Kier molecular flexibility index (Phi) is 2.83. The summed E-state index contributed by atoms with van der Waals surface area (Å²) in [6, 6.07) is 0.425. The molecule has 3 nitrogen and oxygen atoms in total. The molecule has 1 aliphatic carbocycles. The van der Waals surface area contributed by atoms with Crippen LogP contribution in [0.4, 0.5) is 0 Å². The largest absolute Gasteiger partial charge is 0.329 e. The summed E-state index contributed by atoms with van der Waals surface area (Å²) in [6.07, 6.45) is 7.35. The summed E-state index contributed by atoms with van der Waals surface area (Å²) in [5.74, 6) is 0.731. The van der Waals surface area contributed by atoms with Crippen molar-refractivity contribution in [3.8, 4) is 0 Å². The molecular formula is C10H17N2O. The van der Waals surface area contributed by atoms with E-state index in [-0.39, 0.29) is 0 Å². The summed E-state index contributed by atoms with van der Waals surface area (Å²) in [5, 5.41) is 3.36. The van der Waals surface area contributed by atoms with Gasteiger partial charge < -0.3 is 10.2 Å². The molecule has 1 atom stereocenters. The van der Waals surface area contributed by atoms with Gasteiger partial charge in [-0.3, -0.25) is 4.79 Å². The highest BCUT2D eigenvalue weighted by atomic mass is 16.1. The minimum Gasteiger partial charge on any atom is -0.329 e. The lowest BCUT2D eigenvalue weighted by atomic mass is 9.95. The molecule has 1 saturated heterocycles. The number of hydrogen-bond acceptors (Lipinski definition) is 2. The third-order valence-corrected chi connectivity index (χ3v) is 3.34. The van der Waals surface area contributed by atoms with E-state index in [1.807, 2.05) is 4.90 Å². The maximum atomic E-state index is 10.7. The molecule has 2 rings (SSSR count). The number of rotatable bonds is 2. The summed E-state index contributed by atoms with van der Waals surface area (Å²) in [5.41, 5.74) is 0. The second kappa shape index (κ2) is 4.09. The van der Waals surface area contributed by atoms with E-state index in [9.17, 15) is 4.79 Å². The van der Waals surface area contributed by atoms with Crippen LogP contribution in [0.25, 0.3) is 0 Å². The van der Waals surface area contributed by atoms with E-state index in [2.05, 4.69) is 11.7 Å². The van der Waals surface area contributed by atoms with E-state index in [0.29, 0.717) is 6.04 Å². The van der Waals surface area contributed by atoms with E-state index in [1.165, 1.54) is 25.7 Å². The van der Waals surface area contributed by atoms with Crippen LogP contribution in [0.15, 0.2) is 0 Å². The lowest BCUT2D eigenvalue weighted by Gasteiger charge is -2.36. The third kappa shape index (κ3) is 1.85. The highest BCUT2D eigenvalue weighted by Gasteiger charge is 2.31. The minimum atomic E-state index is 0.425. The van der Waals surface area contributed by atoms with Gasteiger partial charge in [0, 0.05) is 25.7 Å². The van der Waals surface area contributed by atoms with Crippen LogP contribution in [0.1, 0.15) is 25.7 Å². The van der Waals surface area contributed by atoms with Gasteiger partial charge in [0.2, 0.25) is 0 Å². The van der Waals surface area contributed by atoms with Crippen LogP contribution in [0.3, 0.4) is 0 Å². The first-order valence-electron chi connectivity index (χ1n) is 5.27. The molecule has 0 aromatic rings. The van der Waals surface area contributed by atoms with Crippen molar-refractivity contribution >= 4 is 6.41 Å². The van der Waals surface area contributed by atoms with Crippen LogP contribution >= 0.6 is 0 Å². The standard InChI is InChI=1S/C10H17N2O/c13-8-12-6-5-11-7-10(12)9-3-1-2-4-9/h9-11H,1-7H2. The second-order valence-corrected chi connectivity index (χ2v) is 4.10. The highest BCUT2D eigenvalue weighted by molar-refractivity contribution is 5.49. The molecule has 2 aliphatic rings. The maximum Gasteiger partial charge on any atom is 0.312 e.